The second-order valence-corrected chi connectivity index (χ2v) is 7.17. The van der Waals surface area contributed by atoms with Gasteiger partial charge in [0.25, 0.3) is 0 Å². The van der Waals surface area contributed by atoms with Gasteiger partial charge < -0.3 is 5.32 Å². The van der Waals surface area contributed by atoms with Crippen molar-refractivity contribution in [1.82, 2.24) is 19.6 Å². The molecule has 0 fully saturated rings. The molecule has 2 aromatic heterocycles. The van der Waals surface area contributed by atoms with Crippen LogP contribution in [-0.2, 0) is 11.3 Å². The number of hydrogen-bond acceptors (Lipinski definition) is 5. The van der Waals surface area contributed by atoms with Crippen LogP contribution in [-0.4, -0.2) is 30.4 Å². The smallest absolute Gasteiger partial charge is 0.312 e. The minimum absolute atomic E-state index is 0.0588. The van der Waals surface area contributed by atoms with E-state index in [1.807, 2.05) is 42.8 Å². The fourth-order valence-corrected chi connectivity index (χ4v) is 3.41. The fraction of sp³-hybridized carbons (Fsp3) is 0.350. The molecule has 0 aliphatic rings. The number of aryl methyl sites for hydroxylation is 3. The summed E-state index contributed by atoms with van der Waals surface area (Å²) < 4.78 is 3.30. The van der Waals surface area contributed by atoms with Gasteiger partial charge in [0.05, 0.1) is 17.2 Å². The van der Waals surface area contributed by atoms with Crippen molar-refractivity contribution in [2.45, 2.75) is 47.2 Å². The molecule has 1 aromatic carbocycles. The molecule has 1 N–H and O–H groups in total. The Labute approximate surface area is 168 Å². The quantitative estimate of drug-likeness (QED) is 0.507. The van der Waals surface area contributed by atoms with Crippen molar-refractivity contribution in [2.24, 2.45) is 0 Å². The maximum atomic E-state index is 12.7. The molecule has 0 bridgehead atoms. The summed E-state index contributed by atoms with van der Waals surface area (Å²) in [4.78, 5) is 23.4. The number of hydrogen-bond donors (Lipinski definition) is 1. The van der Waals surface area contributed by atoms with E-state index < -0.39 is 11.0 Å². The predicted octanol–water partition coefficient (Wildman–Crippen LogP) is 3.47. The van der Waals surface area contributed by atoms with Gasteiger partial charge in [0.1, 0.15) is 17.4 Å². The first-order valence-electron chi connectivity index (χ1n) is 9.28. The fourth-order valence-electron chi connectivity index (χ4n) is 3.41. The number of nitrogens with zero attached hydrogens (tertiary/aromatic N) is 5. The molecular formula is C20H24N6O3. The van der Waals surface area contributed by atoms with E-state index in [0.29, 0.717) is 23.6 Å². The molecule has 0 saturated heterocycles. The summed E-state index contributed by atoms with van der Waals surface area (Å²) in [6.07, 6.45) is 0. The Morgan fingerprint density at radius 3 is 2.52 bits per heavy atom. The Bertz CT molecular complexity index is 1080. The third-order valence-corrected chi connectivity index (χ3v) is 4.85. The molecule has 0 spiro atoms. The summed E-state index contributed by atoms with van der Waals surface area (Å²) in [5.41, 5.74) is 4.26. The number of rotatable bonds is 6. The summed E-state index contributed by atoms with van der Waals surface area (Å²) in [7, 11) is 0. The van der Waals surface area contributed by atoms with Gasteiger partial charge in [0.15, 0.2) is 0 Å². The Kier molecular flexibility index (Phi) is 5.49. The molecule has 2 heterocycles. The molecule has 0 aliphatic carbocycles. The van der Waals surface area contributed by atoms with Crippen molar-refractivity contribution >= 4 is 17.3 Å². The Hall–Kier alpha value is -3.49. The normalized spacial score (nSPS) is 12.0. The van der Waals surface area contributed by atoms with Crippen molar-refractivity contribution in [3.63, 3.8) is 0 Å². The molecule has 1 amide bonds. The molecular weight excluding hydrogens is 372 g/mol. The lowest BCUT2D eigenvalue weighted by Crippen LogP contribution is -2.25. The lowest BCUT2D eigenvalue weighted by Gasteiger charge is -2.15. The monoisotopic (exact) mass is 396 g/mol. The van der Waals surface area contributed by atoms with E-state index in [0.717, 1.165) is 17.0 Å². The van der Waals surface area contributed by atoms with E-state index in [2.05, 4.69) is 15.5 Å². The molecule has 29 heavy (non-hydrogen) atoms. The Balaban J connectivity index is 1.76. The van der Waals surface area contributed by atoms with Crippen LogP contribution in [0.3, 0.4) is 0 Å². The van der Waals surface area contributed by atoms with Crippen LogP contribution in [0.5, 0.6) is 0 Å². The summed E-state index contributed by atoms with van der Waals surface area (Å²) in [5.74, 6) is -0.297. The highest BCUT2D eigenvalue weighted by Crippen LogP contribution is 2.25. The van der Waals surface area contributed by atoms with Gasteiger partial charge in [0, 0.05) is 11.4 Å². The van der Waals surface area contributed by atoms with Crippen molar-refractivity contribution in [1.29, 1.82) is 0 Å². The average molecular weight is 396 g/mol. The van der Waals surface area contributed by atoms with Crippen molar-refractivity contribution in [2.75, 3.05) is 5.32 Å². The number of aromatic nitrogens is 4. The van der Waals surface area contributed by atoms with E-state index in [1.54, 1.807) is 26.8 Å². The highest BCUT2D eigenvalue weighted by Gasteiger charge is 2.27. The maximum Gasteiger partial charge on any atom is 0.312 e. The number of carbonyl (C=O) groups is 1. The summed E-state index contributed by atoms with van der Waals surface area (Å²) in [6.45, 7) is 9.37. The highest BCUT2D eigenvalue weighted by molar-refractivity contribution is 5.93. The number of nitrogens with one attached hydrogen (secondary N) is 1. The zero-order valence-electron chi connectivity index (χ0n) is 17.1. The first-order valence-corrected chi connectivity index (χ1v) is 9.28. The minimum atomic E-state index is -0.693. The second kappa shape index (κ2) is 7.86. The van der Waals surface area contributed by atoms with Gasteiger partial charge in [-0.25, -0.2) is 0 Å². The maximum absolute atomic E-state index is 12.7. The minimum Gasteiger partial charge on any atom is -0.324 e. The van der Waals surface area contributed by atoms with Gasteiger partial charge >= 0.3 is 5.69 Å². The summed E-state index contributed by atoms with van der Waals surface area (Å²) >= 11 is 0. The van der Waals surface area contributed by atoms with E-state index in [4.69, 9.17) is 0 Å². The van der Waals surface area contributed by atoms with E-state index >= 15 is 0 Å². The lowest BCUT2D eigenvalue weighted by molar-refractivity contribution is -0.386. The number of anilines is 1. The van der Waals surface area contributed by atoms with Crippen LogP contribution < -0.4 is 5.32 Å². The molecule has 0 saturated carbocycles. The molecule has 1 unspecified atom stereocenters. The highest BCUT2D eigenvalue weighted by atomic mass is 16.6. The predicted molar refractivity (Wildman–Crippen MR) is 109 cm³/mol. The zero-order chi connectivity index (χ0) is 21.3. The molecule has 1 atom stereocenters. The van der Waals surface area contributed by atoms with Crippen LogP contribution in [0.15, 0.2) is 30.3 Å². The van der Waals surface area contributed by atoms with E-state index in [-0.39, 0.29) is 11.6 Å². The number of amides is 1. The summed E-state index contributed by atoms with van der Waals surface area (Å²) in [5, 5.41) is 22.7. The molecule has 9 nitrogen and oxygen atoms in total. The van der Waals surface area contributed by atoms with Crippen molar-refractivity contribution in [3.05, 3.63) is 68.8 Å². The SMILES string of the molecule is Cc1cc(C)n(Cc2cccc(NC(=O)C(C)n3nc(C)c([N+](=O)[O-])c3C)c2)n1. The van der Waals surface area contributed by atoms with Gasteiger partial charge in [0.2, 0.25) is 5.91 Å². The molecule has 0 aliphatic heterocycles. The van der Waals surface area contributed by atoms with Crippen LogP contribution in [0.25, 0.3) is 0 Å². The summed E-state index contributed by atoms with van der Waals surface area (Å²) in [6, 6.07) is 8.86. The van der Waals surface area contributed by atoms with E-state index in [1.165, 1.54) is 4.68 Å². The van der Waals surface area contributed by atoms with Gasteiger partial charge in [-0.1, -0.05) is 12.1 Å². The Morgan fingerprint density at radius 1 is 1.21 bits per heavy atom. The van der Waals surface area contributed by atoms with Crippen LogP contribution in [0.1, 0.15) is 41.3 Å². The molecule has 3 aromatic rings. The largest absolute Gasteiger partial charge is 0.324 e. The second-order valence-electron chi connectivity index (χ2n) is 7.17. The molecule has 3 rings (SSSR count). The molecule has 0 radical (unpaired) electrons. The average Bonchev–Trinajstić information content (AvgIpc) is 3.12. The van der Waals surface area contributed by atoms with Crippen molar-refractivity contribution in [3.8, 4) is 0 Å². The van der Waals surface area contributed by atoms with E-state index in [9.17, 15) is 14.9 Å². The van der Waals surface area contributed by atoms with Crippen molar-refractivity contribution < 1.29 is 9.72 Å². The third-order valence-electron chi connectivity index (χ3n) is 4.85. The first kappa shape index (κ1) is 20.2. The number of nitro groups is 1. The third kappa shape index (κ3) is 4.18. The van der Waals surface area contributed by atoms with Crippen LogP contribution in [0, 0.1) is 37.8 Å². The van der Waals surface area contributed by atoms with Gasteiger partial charge in [-0.05, 0) is 58.4 Å². The van der Waals surface area contributed by atoms with Crippen LogP contribution in [0.4, 0.5) is 11.4 Å². The Morgan fingerprint density at radius 2 is 1.93 bits per heavy atom. The number of carbonyl (C=O) groups excluding carboxylic acids is 1. The van der Waals surface area contributed by atoms with Gasteiger partial charge in [-0.15, -0.1) is 0 Å². The zero-order valence-corrected chi connectivity index (χ0v) is 17.1. The number of benzene rings is 1. The lowest BCUT2D eigenvalue weighted by atomic mass is 10.2. The molecule has 152 valence electrons. The molecule has 9 heteroatoms. The van der Waals surface area contributed by atoms with Gasteiger partial charge in [-0.2, -0.15) is 10.2 Å². The van der Waals surface area contributed by atoms with Crippen LogP contribution >= 0.6 is 0 Å². The topological polar surface area (TPSA) is 108 Å². The standard InChI is InChI=1S/C20H24N6O3/c1-12-9-13(2)24(22-12)11-17-7-6-8-18(10-17)21-20(27)16(5)25-15(4)19(26(28)29)14(3)23-25/h6-10,16H,11H2,1-5H3,(H,21,27). The van der Waals surface area contributed by atoms with Crippen LogP contribution in [0.2, 0.25) is 0 Å². The van der Waals surface area contributed by atoms with Gasteiger partial charge in [-0.3, -0.25) is 24.3 Å². The first-order chi connectivity index (χ1) is 13.7.